The summed E-state index contributed by atoms with van der Waals surface area (Å²) in [5.74, 6) is 0.210. The maximum Gasteiger partial charge on any atom is 0.188 e. The number of carbonyl (C=O) groups is 1. The van der Waals surface area contributed by atoms with E-state index in [0.717, 1.165) is 45.6 Å². The van der Waals surface area contributed by atoms with Crippen molar-refractivity contribution in [3.63, 3.8) is 0 Å². The van der Waals surface area contributed by atoms with Crippen LogP contribution < -0.4 is 0 Å². The molecule has 2 aromatic rings. The van der Waals surface area contributed by atoms with Crippen LogP contribution in [-0.4, -0.2) is 5.78 Å². The number of carbonyl (C=O) groups excluding carboxylic acids is 1. The van der Waals surface area contributed by atoms with E-state index in [4.69, 9.17) is 0 Å². The molecule has 0 atom stereocenters. The molecule has 0 amide bonds. The van der Waals surface area contributed by atoms with Gasteiger partial charge in [-0.05, 0) is 60.2 Å². The van der Waals surface area contributed by atoms with E-state index in [9.17, 15) is 4.79 Å². The zero-order valence-electron chi connectivity index (χ0n) is 12.1. The number of ketones is 1. The Balaban J connectivity index is 1.91. The second-order valence-electron chi connectivity index (χ2n) is 5.72. The molecule has 0 fully saturated rings. The van der Waals surface area contributed by atoms with Crippen molar-refractivity contribution in [3.8, 4) is 0 Å². The third-order valence-electron chi connectivity index (χ3n) is 4.15. The molecule has 1 nitrogen and oxygen atoms in total. The Morgan fingerprint density at radius 1 is 0.905 bits per heavy atom. The molecule has 1 aliphatic rings. The van der Waals surface area contributed by atoms with E-state index < -0.39 is 0 Å². The number of Topliss-reactive ketones (excluding diaryl/α,β-unsaturated/α-hetero) is 1. The summed E-state index contributed by atoms with van der Waals surface area (Å²) < 4.78 is 1.07. The van der Waals surface area contributed by atoms with Crippen LogP contribution in [0.1, 0.15) is 48.9 Å². The molecule has 3 rings (SSSR count). The highest BCUT2D eigenvalue weighted by Crippen LogP contribution is 2.24. The Bertz CT molecular complexity index is 700. The summed E-state index contributed by atoms with van der Waals surface area (Å²) in [5.41, 5.74) is 1.82. The van der Waals surface area contributed by atoms with Crippen molar-refractivity contribution in [2.24, 2.45) is 0 Å². The summed E-state index contributed by atoms with van der Waals surface area (Å²) in [6.07, 6.45) is 9.02. The Morgan fingerprint density at radius 3 is 2.57 bits per heavy atom. The molecule has 2 aromatic carbocycles. The van der Waals surface area contributed by atoms with Crippen LogP contribution in [0.4, 0.5) is 0 Å². The van der Waals surface area contributed by atoms with Gasteiger partial charge in [-0.2, -0.15) is 0 Å². The predicted molar refractivity (Wildman–Crippen MR) is 91.8 cm³/mol. The Labute approximate surface area is 134 Å². The van der Waals surface area contributed by atoms with E-state index >= 15 is 0 Å². The fourth-order valence-electron chi connectivity index (χ4n) is 2.94. The van der Waals surface area contributed by atoms with Gasteiger partial charge in [0.2, 0.25) is 0 Å². The third-order valence-corrected chi connectivity index (χ3v) is 4.64. The van der Waals surface area contributed by atoms with Gasteiger partial charge in [0.1, 0.15) is 0 Å². The quantitative estimate of drug-likeness (QED) is 0.605. The molecule has 0 aromatic heterocycles. The van der Waals surface area contributed by atoms with Gasteiger partial charge in [0, 0.05) is 10.0 Å². The number of halogens is 1. The van der Waals surface area contributed by atoms with Crippen molar-refractivity contribution in [3.05, 3.63) is 58.1 Å². The predicted octanol–water partition coefficient (Wildman–Crippen LogP) is 6.07. The first kappa shape index (κ1) is 14.5. The Kier molecular flexibility index (Phi) is 4.54. The van der Waals surface area contributed by atoms with Crippen molar-refractivity contribution in [1.82, 2.24) is 0 Å². The second kappa shape index (κ2) is 6.57. The first-order valence-corrected chi connectivity index (χ1v) is 8.46. The van der Waals surface area contributed by atoms with Gasteiger partial charge in [0.05, 0.1) is 0 Å². The average Bonchev–Trinajstić information content (AvgIpc) is 2.46. The molecule has 2 heteroatoms. The minimum absolute atomic E-state index is 0.210. The van der Waals surface area contributed by atoms with Crippen LogP contribution in [0.3, 0.4) is 0 Å². The summed E-state index contributed by atoms with van der Waals surface area (Å²) in [6, 6.07) is 12.2. The smallest absolute Gasteiger partial charge is 0.188 e. The molecular weight excluding hydrogens is 324 g/mol. The first-order valence-electron chi connectivity index (χ1n) is 7.67. The second-order valence-corrected chi connectivity index (χ2v) is 6.63. The van der Waals surface area contributed by atoms with E-state index in [1.54, 1.807) is 0 Å². The third kappa shape index (κ3) is 3.44. The van der Waals surface area contributed by atoms with E-state index in [0.29, 0.717) is 0 Å². The van der Waals surface area contributed by atoms with Crippen LogP contribution in [0.2, 0.25) is 0 Å². The van der Waals surface area contributed by atoms with Gasteiger partial charge < -0.3 is 0 Å². The van der Waals surface area contributed by atoms with Crippen molar-refractivity contribution >= 4 is 32.5 Å². The number of rotatable bonds is 2. The van der Waals surface area contributed by atoms with Gasteiger partial charge >= 0.3 is 0 Å². The van der Waals surface area contributed by atoms with Crippen LogP contribution in [0.15, 0.2) is 52.5 Å². The maximum atomic E-state index is 12.7. The molecule has 0 saturated heterocycles. The molecule has 0 radical (unpaired) electrons. The SMILES string of the molecule is O=C(/C1=C/CCCCCC1)c1ccc2cc(Br)ccc2c1. The summed E-state index contributed by atoms with van der Waals surface area (Å²) in [7, 11) is 0. The van der Waals surface area contributed by atoms with Crippen LogP contribution in [-0.2, 0) is 0 Å². The van der Waals surface area contributed by atoms with Crippen molar-refractivity contribution in [2.45, 2.75) is 38.5 Å². The van der Waals surface area contributed by atoms with Gasteiger partial charge in [-0.3, -0.25) is 4.79 Å². The highest BCUT2D eigenvalue weighted by molar-refractivity contribution is 9.10. The monoisotopic (exact) mass is 342 g/mol. The lowest BCUT2D eigenvalue weighted by atomic mass is 9.93. The number of hydrogen-bond acceptors (Lipinski definition) is 1. The van der Waals surface area contributed by atoms with Gasteiger partial charge in [-0.25, -0.2) is 0 Å². The molecule has 1 aliphatic carbocycles. The van der Waals surface area contributed by atoms with Gasteiger partial charge in [-0.1, -0.05) is 53.0 Å². The van der Waals surface area contributed by atoms with Crippen molar-refractivity contribution in [1.29, 1.82) is 0 Å². The van der Waals surface area contributed by atoms with E-state index in [1.165, 1.54) is 19.3 Å². The van der Waals surface area contributed by atoms with E-state index in [-0.39, 0.29) is 5.78 Å². The molecule has 21 heavy (non-hydrogen) atoms. The lowest BCUT2D eigenvalue weighted by molar-refractivity contribution is 0.102. The molecule has 0 aliphatic heterocycles. The van der Waals surface area contributed by atoms with Crippen molar-refractivity contribution < 1.29 is 4.79 Å². The zero-order valence-corrected chi connectivity index (χ0v) is 13.7. The first-order chi connectivity index (χ1) is 10.2. The largest absolute Gasteiger partial charge is 0.289 e. The van der Waals surface area contributed by atoms with E-state index in [2.05, 4.69) is 34.1 Å². The standard InChI is InChI=1S/C19H19BrO/c20-18-11-10-15-12-17(9-8-16(15)13-18)19(21)14-6-4-2-1-3-5-7-14/h6,8-13H,1-5,7H2/b14-6+. The summed E-state index contributed by atoms with van der Waals surface area (Å²) in [6.45, 7) is 0. The zero-order chi connectivity index (χ0) is 14.7. The van der Waals surface area contributed by atoms with Crippen LogP contribution in [0, 0.1) is 0 Å². The summed E-state index contributed by atoms with van der Waals surface area (Å²) in [4.78, 5) is 12.7. The van der Waals surface area contributed by atoms with Crippen LogP contribution >= 0.6 is 15.9 Å². The number of benzene rings is 2. The lowest BCUT2D eigenvalue weighted by Gasteiger charge is -2.11. The molecule has 0 saturated carbocycles. The Morgan fingerprint density at radius 2 is 1.67 bits per heavy atom. The molecule has 0 bridgehead atoms. The van der Waals surface area contributed by atoms with Crippen LogP contribution in [0.5, 0.6) is 0 Å². The average molecular weight is 343 g/mol. The molecule has 0 N–H and O–H groups in total. The highest BCUT2D eigenvalue weighted by Gasteiger charge is 2.13. The topological polar surface area (TPSA) is 17.1 Å². The minimum Gasteiger partial charge on any atom is -0.289 e. The lowest BCUT2D eigenvalue weighted by Crippen LogP contribution is -2.05. The fraction of sp³-hybridized carbons (Fsp3) is 0.316. The van der Waals surface area contributed by atoms with Crippen molar-refractivity contribution in [2.75, 3.05) is 0 Å². The summed E-state index contributed by atoms with van der Waals surface area (Å²) >= 11 is 3.48. The minimum atomic E-state index is 0.210. The number of allylic oxidation sites excluding steroid dienone is 2. The molecule has 0 unspecified atom stereocenters. The number of fused-ring (bicyclic) bond motifs is 1. The molecule has 0 heterocycles. The summed E-state index contributed by atoms with van der Waals surface area (Å²) in [5, 5.41) is 2.28. The molecule has 0 spiro atoms. The fourth-order valence-corrected chi connectivity index (χ4v) is 3.32. The Hall–Kier alpha value is -1.41. The molecular formula is C19H19BrO. The maximum absolute atomic E-state index is 12.7. The highest BCUT2D eigenvalue weighted by atomic mass is 79.9. The van der Waals surface area contributed by atoms with Crippen LogP contribution in [0.25, 0.3) is 10.8 Å². The molecule has 108 valence electrons. The van der Waals surface area contributed by atoms with E-state index in [1.807, 2.05) is 24.3 Å². The van der Waals surface area contributed by atoms with Gasteiger partial charge in [0.25, 0.3) is 0 Å². The van der Waals surface area contributed by atoms with Gasteiger partial charge in [0.15, 0.2) is 5.78 Å². The van der Waals surface area contributed by atoms with Gasteiger partial charge in [-0.15, -0.1) is 0 Å². The normalized spacial score (nSPS) is 18.6. The number of hydrogen-bond donors (Lipinski definition) is 0.